The minimum Gasteiger partial charge on any atom is -0.359 e. The molecule has 1 aromatic carbocycles. The number of aromatic nitrogens is 1. The summed E-state index contributed by atoms with van der Waals surface area (Å²) in [5.74, 6) is 0. The molecule has 2 aromatic rings. The minimum absolute atomic E-state index is 0.607. The van der Waals surface area contributed by atoms with Crippen molar-refractivity contribution in [2.45, 2.75) is 44.7 Å². The normalized spacial score (nSPS) is 26.9. The highest BCUT2D eigenvalue weighted by Gasteiger charge is 2.31. The van der Waals surface area contributed by atoms with Crippen molar-refractivity contribution >= 4 is 26.7 Å². The van der Waals surface area contributed by atoms with Crippen LogP contribution in [-0.2, 0) is 0 Å². The number of thiazole rings is 1. The van der Waals surface area contributed by atoms with Crippen LogP contribution in [0.1, 0.15) is 31.2 Å². The van der Waals surface area contributed by atoms with Gasteiger partial charge in [-0.25, -0.2) is 4.98 Å². The lowest BCUT2D eigenvalue weighted by molar-refractivity contribution is 0.188. The number of nitrogens with zero attached hydrogens (tertiary/aromatic N) is 2. The van der Waals surface area contributed by atoms with Crippen LogP contribution in [0, 0.1) is 6.92 Å². The zero-order chi connectivity index (χ0) is 13.5. The molecule has 4 heteroatoms. The van der Waals surface area contributed by atoms with Crippen LogP contribution in [-0.4, -0.2) is 35.1 Å². The van der Waals surface area contributed by atoms with Crippen molar-refractivity contribution in [3.8, 4) is 0 Å². The lowest BCUT2D eigenvalue weighted by Gasteiger charge is -2.35. The van der Waals surface area contributed by atoms with E-state index in [0.717, 1.165) is 11.2 Å². The van der Waals surface area contributed by atoms with Crippen LogP contribution in [0.2, 0.25) is 0 Å². The summed E-state index contributed by atoms with van der Waals surface area (Å²) in [6.45, 7) is 4.72. The molecule has 1 N–H and O–H groups in total. The molecule has 0 radical (unpaired) electrons. The Morgan fingerprint density at radius 3 is 3.15 bits per heavy atom. The molecule has 3 nitrogen and oxygen atoms in total. The van der Waals surface area contributed by atoms with Crippen molar-refractivity contribution in [3.05, 3.63) is 23.8 Å². The Kier molecular flexibility index (Phi) is 3.15. The van der Waals surface area contributed by atoms with Gasteiger partial charge in [0.2, 0.25) is 0 Å². The number of fused-ring (bicyclic) bond motifs is 2. The number of rotatable bonds is 2. The van der Waals surface area contributed by atoms with E-state index in [2.05, 4.69) is 35.3 Å². The van der Waals surface area contributed by atoms with E-state index in [9.17, 15) is 0 Å². The molecular weight excluding hydrogens is 266 g/mol. The smallest absolute Gasteiger partial charge is 0.184 e. The summed E-state index contributed by atoms with van der Waals surface area (Å²) in [4.78, 5) is 7.45. The van der Waals surface area contributed by atoms with E-state index in [1.165, 1.54) is 54.6 Å². The molecule has 0 spiro atoms. The van der Waals surface area contributed by atoms with Gasteiger partial charge >= 0.3 is 0 Å². The average molecular weight is 287 g/mol. The third-order valence-corrected chi connectivity index (χ3v) is 5.72. The van der Waals surface area contributed by atoms with Crippen molar-refractivity contribution in [2.24, 2.45) is 0 Å². The van der Waals surface area contributed by atoms with Gasteiger partial charge in [-0.3, -0.25) is 0 Å². The van der Waals surface area contributed by atoms with Crippen molar-refractivity contribution in [1.29, 1.82) is 0 Å². The van der Waals surface area contributed by atoms with Gasteiger partial charge in [-0.15, -0.1) is 0 Å². The highest BCUT2D eigenvalue weighted by molar-refractivity contribution is 7.22. The molecule has 4 rings (SSSR count). The molecule has 2 unspecified atom stereocenters. The highest BCUT2D eigenvalue weighted by Crippen LogP contribution is 2.32. The van der Waals surface area contributed by atoms with E-state index >= 15 is 0 Å². The van der Waals surface area contributed by atoms with Gasteiger partial charge in [0, 0.05) is 18.6 Å². The van der Waals surface area contributed by atoms with E-state index in [0.29, 0.717) is 6.04 Å². The Balaban J connectivity index is 1.51. The Hall–Kier alpha value is -1.13. The Morgan fingerprint density at radius 2 is 2.25 bits per heavy atom. The molecule has 2 fully saturated rings. The third-order valence-electron chi connectivity index (χ3n) is 4.77. The summed E-state index contributed by atoms with van der Waals surface area (Å²) in [6, 6.07) is 7.86. The molecule has 0 amide bonds. The Bertz CT molecular complexity index is 621. The Morgan fingerprint density at radius 1 is 1.30 bits per heavy atom. The summed E-state index contributed by atoms with van der Waals surface area (Å²) < 4.78 is 1.30. The van der Waals surface area contributed by atoms with Crippen LogP contribution in [0.4, 0.5) is 5.13 Å². The molecule has 20 heavy (non-hydrogen) atoms. The molecular formula is C16H21N3S. The summed E-state index contributed by atoms with van der Waals surface area (Å²) >= 11 is 1.79. The van der Waals surface area contributed by atoms with Gasteiger partial charge < -0.3 is 10.2 Å². The van der Waals surface area contributed by atoms with Crippen LogP contribution in [0.25, 0.3) is 10.2 Å². The van der Waals surface area contributed by atoms with Gasteiger partial charge in [0.15, 0.2) is 5.13 Å². The van der Waals surface area contributed by atoms with Gasteiger partial charge in [0.05, 0.1) is 10.2 Å². The summed E-state index contributed by atoms with van der Waals surface area (Å²) in [5.41, 5.74) is 2.44. The lowest BCUT2D eigenvalue weighted by atomic mass is 9.98. The summed E-state index contributed by atoms with van der Waals surface area (Å²) in [6.07, 6.45) is 5.31. The van der Waals surface area contributed by atoms with E-state index in [1.54, 1.807) is 11.3 Å². The first-order valence-electron chi connectivity index (χ1n) is 7.66. The van der Waals surface area contributed by atoms with Crippen molar-refractivity contribution in [3.63, 3.8) is 0 Å². The molecule has 1 aromatic heterocycles. The van der Waals surface area contributed by atoms with Crippen molar-refractivity contribution in [2.75, 3.05) is 18.4 Å². The SMILES string of the molecule is Cc1cccc2sc(NC3CCN4CCCC4C3)nc12. The van der Waals surface area contributed by atoms with Gasteiger partial charge in [0.1, 0.15) is 0 Å². The molecule has 2 aliphatic rings. The second-order valence-corrected chi connectivity index (χ2v) is 7.17. The number of para-hydroxylation sites is 1. The van der Waals surface area contributed by atoms with Crippen LogP contribution < -0.4 is 5.32 Å². The van der Waals surface area contributed by atoms with Gasteiger partial charge in [-0.2, -0.15) is 0 Å². The molecule has 0 saturated carbocycles. The van der Waals surface area contributed by atoms with Crippen LogP contribution in [0.3, 0.4) is 0 Å². The minimum atomic E-state index is 0.607. The first-order valence-corrected chi connectivity index (χ1v) is 8.48. The number of nitrogens with one attached hydrogen (secondary N) is 1. The third kappa shape index (κ3) is 2.21. The molecule has 2 atom stereocenters. The van der Waals surface area contributed by atoms with Crippen molar-refractivity contribution in [1.82, 2.24) is 9.88 Å². The first kappa shape index (κ1) is 12.6. The predicted molar refractivity (Wildman–Crippen MR) is 85.6 cm³/mol. The van der Waals surface area contributed by atoms with E-state index < -0.39 is 0 Å². The Labute approximate surface area is 124 Å². The number of hydrogen-bond acceptors (Lipinski definition) is 4. The molecule has 0 aliphatic carbocycles. The molecule has 106 valence electrons. The molecule has 2 saturated heterocycles. The second kappa shape index (κ2) is 5.01. The lowest BCUT2D eigenvalue weighted by Crippen LogP contribution is -2.42. The molecule has 2 aliphatic heterocycles. The zero-order valence-electron chi connectivity index (χ0n) is 11.9. The number of hydrogen-bond donors (Lipinski definition) is 1. The maximum Gasteiger partial charge on any atom is 0.184 e. The van der Waals surface area contributed by atoms with E-state index in [1.807, 2.05) is 0 Å². The maximum atomic E-state index is 4.79. The highest BCUT2D eigenvalue weighted by atomic mass is 32.1. The monoisotopic (exact) mass is 287 g/mol. The van der Waals surface area contributed by atoms with E-state index in [4.69, 9.17) is 4.98 Å². The van der Waals surface area contributed by atoms with Gasteiger partial charge in [-0.1, -0.05) is 23.5 Å². The average Bonchev–Trinajstić information content (AvgIpc) is 3.05. The zero-order valence-corrected chi connectivity index (χ0v) is 12.7. The number of anilines is 1. The van der Waals surface area contributed by atoms with E-state index in [-0.39, 0.29) is 0 Å². The number of piperidine rings is 1. The quantitative estimate of drug-likeness (QED) is 0.914. The number of benzene rings is 1. The van der Waals surface area contributed by atoms with Crippen LogP contribution >= 0.6 is 11.3 Å². The fourth-order valence-corrected chi connectivity index (χ4v) is 4.70. The number of aryl methyl sites for hydroxylation is 1. The fraction of sp³-hybridized carbons (Fsp3) is 0.562. The summed E-state index contributed by atoms with van der Waals surface area (Å²) in [5, 5.41) is 4.79. The standard InChI is InChI=1S/C16H21N3S/c1-11-4-2-6-14-15(11)18-16(20-14)17-12-7-9-19-8-3-5-13(19)10-12/h2,4,6,12-13H,3,5,7-10H2,1H3,(H,17,18). The maximum absolute atomic E-state index is 4.79. The van der Waals surface area contributed by atoms with Crippen molar-refractivity contribution < 1.29 is 0 Å². The second-order valence-electron chi connectivity index (χ2n) is 6.14. The van der Waals surface area contributed by atoms with Gasteiger partial charge in [-0.05, 0) is 50.8 Å². The van der Waals surface area contributed by atoms with Crippen LogP contribution in [0.15, 0.2) is 18.2 Å². The molecule has 0 bridgehead atoms. The van der Waals surface area contributed by atoms with Gasteiger partial charge in [0.25, 0.3) is 0 Å². The van der Waals surface area contributed by atoms with Crippen LogP contribution in [0.5, 0.6) is 0 Å². The topological polar surface area (TPSA) is 28.2 Å². The largest absolute Gasteiger partial charge is 0.359 e. The predicted octanol–water partition coefficient (Wildman–Crippen LogP) is 3.64. The first-order chi connectivity index (χ1) is 9.79. The molecule has 3 heterocycles. The summed E-state index contributed by atoms with van der Waals surface area (Å²) in [7, 11) is 0. The fourth-order valence-electron chi connectivity index (χ4n) is 3.68.